The lowest BCUT2D eigenvalue weighted by Gasteiger charge is -2.22. The van der Waals surface area contributed by atoms with Crippen LogP contribution in [-0.2, 0) is 19.0 Å². The number of benzene rings is 1. The van der Waals surface area contributed by atoms with Gasteiger partial charge in [-0.2, -0.15) is 0 Å². The van der Waals surface area contributed by atoms with Crippen LogP contribution in [0.3, 0.4) is 0 Å². The van der Waals surface area contributed by atoms with E-state index < -0.39 is 24.4 Å². The molecule has 7 heteroatoms. The quantitative estimate of drug-likeness (QED) is 0.447. The van der Waals surface area contributed by atoms with Crippen LogP contribution in [0, 0.1) is 11.8 Å². The topological polar surface area (TPSA) is 88.1 Å². The molecule has 0 aromatic heterocycles. The van der Waals surface area contributed by atoms with E-state index in [9.17, 15) is 14.4 Å². The second kappa shape index (κ2) is 8.90. The molecule has 0 aliphatic rings. The maximum atomic E-state index is 12.0. The number of esters is 2. The van der Waals surface area contributed by atoms with Crippen LogP contribution in [0.25, 0.3) is 0 Å². The third-order valence-corrected chi connectivity index (χ3v) is 2.95. The van der Waals surface area contributed by atoms with Gasteiger partial charge in [0.1, 0.15) is 11.3 Å². The highest BCUT2D eigenvalue weighted by Gasteiger charge is 2.26. The Hall–Kier alpha value is -2.57. The minimum absolute atomic E-state index is 0.00737. The monoisotopic (exact) mass is 338 g/mol. The SMILES string of the molecule is COC(=O)c1ccccc1OC(=O)OC(OC(=O)C(C)C)C(C)C. The molecule has 0 fully saturated rings. The zero-order chi connectivity index (χ0) is 18.3. The van der Waals surface area contributed by atoms with Gasteiger partial charge >= 0.3 is 18.1 Å². The number of carbonyl (C=O) groups is 3. The van der Waals surface area contributed by atoms with Crippen LogP contribution in [0.5, 0.6) is 5.75 Å². The number of hydrogen-bond acceptors (Lipinski definition) is 7. The van der Waals surface area contributed by atoms with Crippen LogP contribution in [0.4, 0.5) is 4.79 Å². The molecule has 1 unspecified atom stereocenters. The Balaban J connectivity index is 2.80. The van der Waals surface area contributed by atoms with Gasteiger partial charge in [0, 0.05) is 5.92 Å². The molecule has 0 saturated carbocycles. The van der Waals surface area contributed by atoms with Gasteiger partial charge in [0.2, 0.25) is 0 Å². The average molecular weight is 338 g/mol. The number of methoxy groups -OCH3 is 1. The van der Waals surface area contributed by atoms with Gasteiger partial charge in [-0.05, 0) is 12.1 Å². The first-order chi connectivity index (χ1) is 11.3. The van der Waals surface area contributed by atoms with Gasteiger partial charge in [0.15, 0.2) is 0 Å². The summed E-state index contributed by atoms with van der Waals surface area (Å²) < 4.78 is 19.8. The van der Waals surface area contributed by atoms with Gasteiger partial charge in [0.25, 0.3) is 6.29 Å². The van der Waals surface area contributed by atoms with E-state index in [0.29, 0.717) is 0 Å². The lowest BCUT2D eigenvalue weighted by molar-refractivity contribution is -0.180. The van der Waals surface area contributed by atoms with Crippen molar-refractivity contribution in [1.82, 2.24) is 0 Å². The van der Waals surface area contributed by atoms with Gasteiger partial charge in [0.05, 0.1) is 13.0 Å². The van der Waals surface area contributed by atoms with Crippen LogP contribution in [0.1, 0.15) is 38.1 Å². The van der Waals surface area contributed by atoms with Gasteiger partial charge in [-0.25, -0.2) is 9.59 Å². The van der Waals surface area contributed by atoms with E-state index >= 15 is 0 Å². The number of rotatable bonds is 6. The Morgan fingerprint density at radius 1 is 0.958 bits per heavy atom. The highest BCUT2D eigenvalue weighted by atomic mass is 16.8. The molecule has 132 valence electrons. The summed E-state index contributed by atoms with van der Waals surface area (Å²) in [6.45, 7) is 6.80. The summed E-state index contributed by atoms with van der Waals surface area (Å²) in [5.41, 5.74) is 0.0808. The third kappa shape index (κ3) is 5.57. The molecule has 1 aromatic rings. The predicted molar refractivity (Wildman–Crippen MR) is 84.4 cm³/mol. The fourth-order valence-electron chi connectivity index (χ4n) is 1.59. The molecule has 1 atom stereocenters. The van der Waals surface area contributed by atoms with Gasteiger partial charge in [-0.3, -0.25) is 4.79 Å². The van der Waals surface area contributed by atoms with Gasteiger partial charge in [-0.1, -0.05) is 39.8 Å². The fourth-order valence-corrected chi connectivity index (χ4v) is 1.59. The summed E-state index contributed by atoms with van der Waals surface area (Å²) in [6, 6.07) is 6.07. The molecule has 0 amide bonds. The molecule has 1 aromatic carbocycles. The van der Waals surface area contributed by atoms with Crippen LogP contribution in [0.15, 0.2) is 24.3 Å². The lowest BCUT2D eigenvalue weighted by Crippen LogP contribution is -2.32. The molecule has 0 N–H and O–H groups in total. The Kier molecular flexibility index (Phi) is 7.23. The van der Waals surface area contributed by atoms with Crippen molar-refractivity contribution in [1.29, 1.82) is 0 Å². The minimum atomic E-state index is -1.09. The molecule has 0 radical (unpaired) electrons. The predicted octanol–water partition coefficient (Wildman–Crippen LogP) is 3.17. The highest BCUT2D eigenvalue weighted by molar-refractivity contribution is 5.93. The zero-order valence-electron chi connectivity index (χ0n) is 14.4. The van der Waals surface area contributed by atoms with Crippen LogP contribution >= 0.6 is 0 Å². The average Bonchev–Trinajstić information content (AvgIpc) is 2.53. The van der Waals surface area contributed by atoms with Crippen molar-refractivity contribution < 1.29 is 33.3 Å². The smallest absolute Gasteiger partial charge is 0.465 e. The summed E-state index contributed by atoms with van der Waals surface area (Å²) in [6.07, 6.45) is -2.17. The summed E-state index contributed by atoms with van der Waals surface area (Å²) in [5, 5.41) is 0. The Bertz CT molecular complexity index is 592. The number of ether oxygens (including phenoxy) is 4. The van der Waals surface area contributed by atoms with Gasteiger partial charge < -0.3 is 18.9 Å². The van der Waals surface area contributed by atoms with E-state index in [4.69, 9.17) is 14.2 Å². The van der Waals surface area contributed by atoms with E-state index in [1.807, 2.05) is 0 Å². The lowest BCUT2D eigenvalue weighted by atomic mass is 10.2. The maximum absolute atomic E-state index is 12.0. The molecular weight excluding hydrogens is 316 g/mol. The standard InChI is InChI=1S/C17H22O7/c1-10(2)14(18)23-16(11(3)4)24-17(20)22-13-9-7-6-8-12(13)15(19)21-5/h6-11,16H,1-5H3. The first-order valence-electron chi connectivity index (χ1n) is 7.52. The Morgan fingerprint density at radius 2 is 1.58 bits per heavy atom. The molecular formula is C17H22O7. The van der Waals surface area contributed by atoms with Crippen molar-refractivity contribution in [2.45, 2.75) is 34.0 Å². The molecule has 0 heterocycles. The van der Waals surface area contributed by atoms with Crippen molar-refractivity contribution in [2.75, 3.05) is 7.11 Å². The molecule has 7 nitrogen and oxygen atoms in total. The molecule has 0 aliphatic heterocycles. The van der Waals surface area contributed by atoms with E-state index in [2.05, 4.69) is 4.74 Å². The zero-order valence-corrected chi connectivity index (χ0v) is 14.4. The fraction of sp³-hybridized carbons (Fsp3) is 0.471. The van der Waals surface area contributed by atoms with Crippen molar-refractivity contribution >= 4 is 18.1 Å². The molecule has 0 spiro atoms. The van der Waals surface area contributed by atoms with Gasteiger partial charge in [-0.15, -0.1) is 0 Å². The van der Waals surface area contributed by atoms with Crippen molar-refractivity contribution in [2.24, 2.45) is 11.8 Å². The number of hydrogen-bond donors (Lipinski definition) is 0. The second-order valence-corrected chi connectivity index (χ2v) is 5.66. The van der Waals surface area contributed by atoms with Crippen LogP contribution < -0.4 is 4.74 Å². The first-order valence-corrected chi connectivity index (χ1v) is 7.52. The van der Waals surface area contributed by atoms with Crippen LogP contribution in [-0.4, -0.2) is 31.5 Å². The van der Waals surface area contributed by atoms with Crippen molar-refractivity contribution in [3.05, 3.63) is 29.8 Å². The molecule has 0 aliphatic carbocycles. The first kappa shape index (κ1) is 19.5. The minimum Gasteiger partial charge on any atom is -0.465 e. The van der Waals surface area contributed by atoms with Crippen molar-refractivity contribution in [3.63, 3.8) is 0 Å². The highest BCUT2D eigenvalue weighted by Crippen LogP contribution is 2.20. The second-order valence-electron chi connectivity index (χ2n) is 5.66. The summed E-state index contributed by atoms with van der Waals surface area (Å²) in [5.74, 6) is -1.77. The Morgan fingerprint density at radius 3 is 2.12 bits per heavy atom. The summed E-state index contributed by atoms with van der Waals surface area (Å²) >= 11 is 0. The normalized spacial score (nSPS) is 11.8. The molecule has 0 saturated heterocycles. The maximum Gasteiger partial charge on any atom is 0.516 e. The van der Waals surface area contributed by atoms with Crippen molar-refractivity contribution in [3.8, 4) is 5.75 Å². The third-order valence-electron chi connectivity index (χ3n) is 2.95. The number of carbonyl (C=O) groups excluding carboxylic acids is 3. The summed E-state index contributed by atoms with van der Waals surface area (Å²) in [4.78, 5) is 35.3. The van der Waals surface area contributed by atoms with E-state index in [1.165, 1.54) is 19.2 Å². The van der Waals surface area contributed by atoms with E-state index in [1.54, 1.807) is 39.8 Å². The molecule has 1 rings (SSSR count). The Labute approximate surface area is 140 Å². The van der Waals surface area contributed by atoms with Crippen LogP contribution in [0.2, 0.25) is 0 Å². The van der Waals surface area contributed by atoms with E-state index in [0.717, 1.165) is 0 Å². The molecule has 24 heavy (non-hydrogen) atoms. The summed E-state index contributed by atoms with van der Waals surface area (Å²) in [7, 11) is 1.22. The number of para-hydroxylation sites is 1. The largest absolute Gasteiger partial charge is 0.516 e. The molecule has 0 bridgehead atoms. The van der Waals surface area contributed by atoms with E-state index in [-0.39, 0.29) is 23.1 Å².